The van der Waals surface area contributed by atoms with Crippen molar-refractivity contribution in [3.8, 4) is 0 Å². The van der Waals surface area contributed by atoms with Crippen molar-refractivity contribution in [3.05, 3.63) is 36.7 Å². The van der Waals surface area contributed by atoms with E-state index in [0.29, 0.717) is 11.5 Å². The highest BCUT2D eigenvalue weighted by Crippen LogP contribution is 2.13. The summed E-state index contributed by atoms with van der Waals surface area (Å²) in [6, 6.07) is 3.40. The second-order valence-corrected chi connectivity index (χ2v) is 4.26. The van der Waals surface area contributed by atoms with Crippen LogP contribution in [0, 0.1) is 0 Å². The van der Waals surface area contributed by atoms with Crippen LogP contribution in [0.4, 0.5) is 11.5 Å². The molecule has 2 rings (SSSR count). The van der Waals surface area contributed by atoms with Gasteiger partial charge < -0.3 is 20.0 Å². The third kappa shape index (κ3) is 3.78. The zero-order valence-electron chi connectivity index (χ0n) is 11.7. The number of carbonyl (C=O) groups excluding carboxylic acids is 2. The Morgan fingerprint density at radius 2 is 2.14 bits per heavy atom. The van der Waals surface area contributed by atoms with E-state index in [4.69, 9.17) is 4.42 Å². The molecule has 0 saturated heterocycles. The summed E-state index contributed by atoms with van der Waals surface area (Å²) in [6.45, 7) is 0.203. The molecule has 8 nitrogen and oxygen atoms in total. The average Bonchev–Trinajstić information content (AvgIpc) is 3.02. The lowest BCUT2D eigenvalue weighted by Crippen LogP contribution is -2.33. The fraction of sp³-hybridized carbons (Fsp3) is 0.231. The second kappa shape index (κ2) is 6.51. The lowest BCUT2D eigenvalue weighted by Gasteiger charge is -2.17. The van der Waals surface area contributed by atoms with Crippen molar-refractivity contribution in [1.29, 1.82) is 0 Å². The molecular formula is C13H15N5O3. The number of nitrogens with one attached hydrogen (secondary N) is 2. The summed E-state index contributed by atoms with van der Waals surface area (Å²) in [6.07, 6.45) is 3.95. The lowest BCUT2D eigenvalue weighted by atomic mass is 10.3. The zero-order chi connectivity index (χ0) is 15.2. The molecule has 2 amide bonds. The lowest BCUT2D eigenvalue weighted by molar-refractivity contribution is -0.119. The number of carbonyl (C=O) groups is 2. The van der Waals surface area contributed by atoms with Crippen LogP contribution in [-0.4, -0.2) is 42.4 Å². The van der Waals surface area contributed by atoms with Crippen molar-refractivity contribution in [2.75, 3.05) is 30.9 Å². The van der Waals surface area contributed by atoms with Crippen LogP contribution in [0.2, 0.25) is 0 Å². The predicted octanol–water partition coefficient (Wildman–Crippen LogP) is 0.504. The number of likely N-dealkylation sites (N-methyl/N-ethyl adjacent to an activating group) is 2. The van der Waals surface area contributed by atoms with Crippen molar-refractivity contribution in [2.45, 2.75) is 0 Å². The van der Waals surface area contributed by atoms with Gasteiger partial charge in [-0.15, -0.1) is 0 Å². The highest BCUT2D eigenvalue weighted by atomic mass is 16.3. The molecule has 0 aliphatic rings. The van der Waals surface area contributed by atoms with Gasteiger partial charge in [-0.05, 0) is 12.1 Å². The Hall–Kier alpha value is -2.90. The minimum atomic E-state index is -0.378. The van der Waals surface area contributed by atoms with E-state index in [1.807, 2.05) is 0 Å². The van der Waals surface area contributed by atoms with E-state index in [1.165, 1.54) is 18.9 Å². The first-order valence-electron chi connectivity index (χ1n) is 6.17. The number of anilines is 2. The molecule has 0 saturated carbocycles. The molecule has 21 heavy (non-hydrogen) atoms. The number of nitrogens with zero attached hydrogens (tertiary/aromatic N) is 3. The van der Waals surface area contributed by atoms with Crippen LogP contribution in [0.3, 0.4) is 0 Å². The van der Waals surface area contributed by atoms with Crippen molar-refractivity contribution in [2.24, 2.45) is 0 Å². The molecule has 0 fully saturated rings. The molecule has 2 aromatic rings. The Morgan fingerprint density at radius 1 is 1.33 bits per heavy atom. The molecule has 2 aromatic heterocycles. The largest absolute Gasteiger partial charge is 0.451 e. The van der Waals surface area contributed by atoms with E-state index >= 15 is 0 Å². The smallest absolute Gasteiger partial charge is 0.277 e. The molecule has 110 valence electrons. The van der Waals surface area contributed by atoms with Gasteiger partial charge in [0.1, 0.15) is 12.1 Å². The topological polar surface area (TPSA) is 100 Å². The summed E-state index contributed by atoms with van der Waals surface area (Å²) in [5.41, 5.74) is 0.718. The first kappa shape index (κ1) is 14.5. The van der Waals surface area contributed by atoms with Gasteiger partial charge in [-0.25, -0.2) is 9.97 Å². The van der Waals surface area contributed by atoms with Gasteiger partial charge in [0.25, 0.3) is 5.91 Å². The van der Waals surface area contributed by atoms with Crippen LogP contribution in [0.1, 0.15) is 10.5 Å². The maximum atomic E-state index is 11.8. The number of hydrogen-bond donors (Lipinski definition) is 2. The van der Waals surface area contributed by atoms with E-state index < -0.39 is 0 Å². The number of amides is 2. The van der Waals surface area contributed by atoms with Gasteiger partial charge in [-0.2, -0.15) is 0 Å². The van der Waals surface area contributed by atoms with Crippen molar-refractivity contribution in [1.82, 2.24) is 15.3 Å². The maximum Gasteiger partial charge on any atom is 0.277 e. The number of aromatic nitrogens is 2. The van der Waals surface area contributed by atoms with Crippen molar-refractivity contribution >= 4 is 23.3 Å². The van der Waals surface area contributed by atoms with Crippen LogP contribution in [-0.2, 0) is 4.79 Å². The van der Waals surface area contributed by atoms with Gasteiger partial charge >= 0.3 is 0 Å². The van der Waals surface area contributed by atoms with E-state index in [2.05, 4.69) is 20.6 Å². The normalized spacial score (nSPS) is 10.0. The molecule has 0 spiro atoms. The highest BCUT2D eigenvalue weighted by Gasteiger charge is 2.10. The standard InChI is InChI=1S/C13H15N5O3/c1-14-12(19)6-18(2)11-4-3-9(5-15-11)17-13(20)10-7-21-8-16-10/h3-5,7-8H,6H2,1-2H3,(H,14,19)(H,17,20). The molecule has 0 radical (unpaired) electrons. The van der Waals surface area contributed by atoms with Gasteiger partial charge in [0.05, 0.1) is 18.4 Å². The molecule has 8 heteroatoms. The maximum absolute atomic E-state index is 11.8. The number of rotatable bonds is 5. The summed E-state index contributed by atoms with van der Waals surface area (Å²) >= 11 is 0. The first-order chi connectivity index (χ1) is 10.1. The summed E-state index contributed by atoms with van der Waals surface area (Å²) in [5, 5.41) is 5.18. The van der Waals surface area contributed by atoms with Crippen LogP contribution >= 0.6 is 0 Å². The molecule has 0 aromatic carbocycles. The van der Waals surface area contributed by atoms with Crippen LogP contribution in [0.5, 0.6) is 0 Å². The Kier molecular flexibility index (Phi) is 4.50. The van der Waals surface area contributed by atoms with Crippen molar-refractivity contribution in [3.63, 3.8) is 0 Å². The first-order valence-corrected chi connectivity index (χ1v) is 6.17. The van der Waals surface area contributed by atoms with Crippen LogP contribution < -0.4 is 15.5 Å². The van der Waals surface area contributed by atoms with Gasteiger partial charge in [-0.1, -0.05) is 0 Å². The molecule has 0 atom stereocenters. The Labute approximate surface area is 121 Å². The van der Waals surface area contributed by atoms with Gasteiger partial charge in [-0.3, -0.25) is 9.59 Å². The highest BCUT2D eigenvalue weighted by molar-refractivity contribution is 6.02. The third-order valence-corrected chi connectivity index (χ3v) is 2.72. The third-order valence-electron chi connectivity index (χ3n) is 2.72. The Morgan fingerprint density at radius 3 is 2.71 bits per heavy atom. The van der Waals surface area contributed by atoms with Gasteiger partial charge in [0.15, 0.2) is 12.1 Å². The fourth-order valence-corrected chi connectivity index (χ4v) is 1.58. The van der Waals surface area contributed by atoms with E-state index in [-0.39, 0.29) is 24.1 Å². The summed E-state index contributed by atoms with van der Waals surface area (Å²) in [4.78, 5) is 32.7. The molecule has 0 unspecified atom stereocenters. The number of oxazole rings is 1. The molecule has 0 aliphatic carbocycles. The monoisotopic (exact) mass is 289 g/mol. The van der Waals surface area contributed by atoms with Crippen LogP contribution in [0.15, 0.2) is 35.4 Å². The van der Waals surface area contributed by atoms with E-state index in [1.54, 1.807) is 31.1 Å². The van der Waals surface area contributed by atoms with E-state index in [9.17, 15) is 9.59 Å². The van der Waals surface area contributed by atoms with Gasteiger partial charge in [0.2, 0.25) is 5.91 Å². The zero-order valence-corrected chi connectivity index (χ0v) is 11.7. The Bertz CT molecular complexity index is 609. The minimum Gasteiger partial charge on any atom is -0.451 e. The summed E-state index contributed by atoms with van der Waals surface area (Å²) < 4.78 is 4.74. The molecule has 0 bridgehead atoms. The minimum absolute atomic E-state index is 0.109. The SMILES string of the molecule is CNC(=O)CN(C)c1ccc(NC(=O)c2cocn2)cn1. The van der Waals surface area contributed by atoms with Gasteiger partial charge in [0, 0.05) is 14.1 Å². The number of pyridine rings is 1. The fourth-order valence-electron chi connectivity index (χ4n) is 1.58. The molecule has 0 aliphatic heterocycles. The predicted molar refractivity (Wildman–Crippen MR) is 76.0 cm³/mol. The quantitative estimate of drug-likeness (QED) is 0.831. The number of hydrogen-bond acceptors (Lipinski definition) is 6. The van der Waals surface area contributed by atoms with E-state index in [0.717, 1.165) is 0 Å². The molecular weight excluding hydrogens is 274 g/mol. The average molecular weight is 289 g/mol. The molecule has 2 N–H and O–H groups in total. The van der Waals surface area contributed by atoms with Crippen LogP contribution in [0.25, 0.3) is 0 Å². The summed E-state index contributed by atoms with van der Waals surface area (Å²) in [7, 11) is 3.33. The Balaban J connectivity index is 1.98. The molecule has 2 heterocycles. The summed E-state index contributed by atoms with van der Waals surface area (Å²) in [5.74, 6) is 0.137. The van der Waals surface area contributed by atoms with Crippen molar-refractivity contribution < 1.29 is 14.0 Å². The second-order valence-electron chi connectivity index (χ2n) is 4.26.